The molecule has 1 fully saturated rings. The van der Waals surface area contributed by atoms with Crippen LogP contribution in [-0.4, -0.2) is 31.4 Å². The minimum absolute atomic E-state index is 0. The first-order valence-corrected chi connectivity index (χ1v) is 7.87. The molecule has 2 rings (SSSR count). The average molecular weight is 391 g/mol. The molecule has 1 aliphatic heterocycles. The summed E-state index contributed by atoms with van der Waals surface area (Å²) in [5.74, 6) is -0.721. The summed E-state index contributed by atoms with van der Waals surface area (Å²) in [6.07, 6.45) is 0.545. The van der Waals surface area contributed by atoms with E-state index < -0.39 is 5.92 Å². The first-order chi connectivity index (χ1) is 10.0. The van der Waals surface area contributed by atoms with Gasteiger partial charge in [0.1, 0.15) is 5.92 Å². The van der Waals surface area contributed by atoms with Crippen molar-refractivity contribution in [3.8, 4) is 0 Å². The van der Waals surface area contributed by atoms with Crippen molar-refractivity contribution >= 4 is 45.8 Å². The number of benzene rings is 1. The quantitative estimate of drug-likeness (QED) is 0.754. The maximum Gasteiger partial charge on any atom is 0.239 e. The highest BCUT2D eigenvalue weighted by molar-refractivity contribution is 9.10. The summed E-state index contributed by atoms with van der Waals surface area (Å²) in [5, 5.41) is 2.81. The van der Waals surface area contributed by atoms with E-state index in [1.807, 2.05) is 31.2 Å². The number of hydrogen-bond acceptors (Lipinski definition) is 3. The maximum atomic E-state index is 12.4. The molecule has 122 valence electrons. The first kappa shape index (κ1) is 18.9. The van der Waals surface area contributed by atoms with Gasteiger partial charge in [0.15, 0.2) is 0 Å². The van der Waals surface area contributed by atoms with Crippen LogP contribution in [0.5, 0.6) is 0 Å². The molecule has 0 aromatic heterocycles. The summed E-state index contributed by atoms with van der Waals surface area (Å²) in [6.45, 7) is 3.55. The molecule has 5 nitrogen and oxygen atoms in total. The molecular weight excluding hydrogens is 370 g/mol. The smallest absolute Gasteiger partial charge is 0.239 e. The minimum Gasteiger partial charge on any atom is -0.355 e. The number of rotatable bonds is 5. The van der Waals surface area contributed by atoms with Gasteiger partial charge in [-0.25, -0.2) is 0 Å². The summed E-state index contributed by atoms with van der Waals surface area (Å²) >= 11 is 3.44. The van der Waals surface area contributed by atoms with Crippen LogP contribution in [0.25, 0.3) is 0 Å². The van der Waals surface area contributed by atoms with E-state index in [0.29, 0.717) is 26.1 Å². The topological polar surface area (TPSA) is 75.4 Å². The van der Waals surface area contributed by atoms with Crippen molar-refractivity contribution < 1.29 is 9.59 Å². The molecule has 1 aromatic rings. The monoisotopic (exact) mass is 389 g/mol. The van der Waals surface area contributed by atoms with Gasteiger partial charge in [0, 0.05) is 17.6 Å². The van der Waals surface area contributed by atoms with Crippen LogP contribution in [0.1, 0.15) is 13.3 Å². The van der Waals surface area contributed by atoms with E-state index in [-0.39, 0.29) is 30.1 Å². The normalized spacial score (nSPS) is 18.8. The number of nitrogens with one attached hydrogen (secondary N) is 1. The van der Waals surface area contributed by atoms with Crippen molar-refractivity contribution in [1.29, 1.82) is 0 Å². The Kier molecular flexibility index (Phi) is 7.32. The Hall–Kier alpha value is -1.11. The lowest BCUT2D eigenvalue weighted by molar-refractivity contribution is -0.132. The van der Waals surface area contributed by atoms with E-state index in [9.17, 15) is 9.59 Å². The second kappa shape index (κ2) is 8.50. The number of nitrogens with zero attached hydrogens (tertiary/aromatic N) is 1. The van der Waals surface area contributed by atoms with Crippen LogP contribution in [0.2, 0.25) is 0 Å². The van der Waals surface area contributed by atoms with Gasteiger partial charge in [0.25, 0.3) is 0 Å². The van der Waals surface area contributed by atoms with Gasteiger partial charge in [-0.05, 0) is 46.9 Å². The fourth-order valence-electron chi connectivity index (χ4n) is 2.31. The molecule has 1 heterocycles. The molecule has 2 amide bonds. The fourth-order valence-corrected chi connectivity index (χ4v) is 2.81. The van der Waals surface area contributed by atoms with Crippen LogP contribution in [-0.2, 0) is 9.59 Å². The van der Waals surface area contributed by atoms with Crippen molar-refractivity contribution in [2.75, 3.05) is 24.5 Å². The third-order valence-electron chi connectivity index (χ3n) is 3.69. The van der Waals surface area contributed by atoms with Gasteiger partial charge in [-0.2, -0.15) is 0 Å². The average Bonchev–Trinajstić information content (AvgIpc) is 2.86. The number of anilines is 1. The standard InChI is InChI=1S/C15H20BrN3O2.ClH/c1-10(8-17)9-18-14(20)11-6-7-19(15(11)21)13-5-3-2-4-12(13)16;/h2-5,10-11H,6-9,17H2,1H3,(H,18,20);1H. The molecule has 7 heteroatoms. The van der Waals surface area contributed by atoms with Crippen LogP contribution < -0.4 is 16.0 Å². The molecule has 0 bridgehead atoms. The summed E-state index contributed by atoms with van der Waals surface area (Å²) in [4.78, 5) is 26.2. The molecule has 2 unspecified atom stereocenters. The van der Waals surface area contributed by atoms with Gasteiger partial charge in [-0.1, -0.05) is 19.1 Å². The highest BCUT2D eigenvalue weighted by Crippen LogP contribution is 2.31. The van der Waals surface area contributed by atoms with Gasteiger partial charge in [0.05, 0.1) is 5.69 Å². The molecule has 0 aliphatic carbocycles. The van der Waals surface area contributed by atoms with E-state index >= 15 is 0 Å². The molecule has 0 spiro atoms. The maximum absolute atomic E-state index is 12.4. The van der Waals surface area contributed by atoms with Crippen LogP contribution in [0.15, 0.2) is 28.7 Å². The molecule has 3 N–H and O–H groups in total. The summed E-state index contributed by atoms with van der Waals surface area (Å²) < 4.78 is 0.858. The van der Waals surface area contributed by atoms with Gasteiger partial charge in [0.2, 0.25) is 11.8 Å². The predicted molar refractivity (Wildman–Crippen MR) is 93.1 cm³/mol. The number of hydrogen-bond donors (Lipinski definition) is 2. The van der Waals surface area contributed by atoms with Gasteiger partial charge < -0.3 is 16.0 Å². The second-order valence-electron chi connectivity index (χ2n) is 5.37. The zero-order valence-corrected chi connectivity index (χ0v) is 14.8. The zero-order chi connectivity index (χ0) is 15.4. The van der Waals surface area contributed by atoms with Crippen molar-refractivity contribution in [2.24, 2.45) is 17.6 Å². The molecule has 22 heavy (non-hydrogen) atoms. The number of nitrogens with two attached hydrogens (primary N) is 1. The first-order valence-electron chi connectivity index (χ1n) is 7.08. The molecular formula is C15H21BrClN3O2. The highest BCUT2D eigenvalue weighted by atomic mass is 79.9. The van der Waals surface area contributed by atoms with Crippen molar-refractivity contribution in [3.05, 3.63) is 28.7 Å². The lowest BCUT2D eigenvalue weighted by Crippen LogP contribution is -2.39. The summed E-state index contributed by atoms with van der Waals surface area (Å²) in [7, 11) is 0. The number of carbonyl (C=O) groups excluding carboxylic acids is 2. The Labute approximate surface area is 145 Å². The highest BCUT2D eigenvalue weighted by Gasteiger charge is 2.38. The van der Waals surface area contributed by atoms with E-state index in [0.717, 1.165) is 10.2 Å². The number of para-hydroxylation sites is 1. The molecule has 2 atom stereocenters. The van der Waals surface area contributed by atoms with Crippen molar-refractivity contribution in [3.63, 3.8) is 0 Å². The lowest BCUT2D eigenvalue weighted by atomic mass is 10.1. The van der Waals surface area contributed by atoms with Crippen LogP contribution in [0.3, 0.4) is 0 Å². The SMILES string of the molecule is CC(CN)CNC(=O)C1CCN(c2ccccc2Br)C1=O.Cl. The molecule has 1 aliphatic rings. The molecule has 0 radical (unpaired) electrons. The van der Waals surface area contributed by atoms with Crippen molar-refractivity contribution in [1.82, 2.24) is 5.32 Å². The Morgan fingerprint density at radius 1 is 1.50 bits per heavy atom. The third-order valence-corrected chi connectivity index (χ3v) is 4.36. The zero-order valence-electron chi connectivity index (χ0n) is 12.4. The summed E-state index contributed by atoms with van der Waals surface area (Å²) in [5.41, 5.74) is 6.34. The molecule has 1 aromatic carbocycles. The summed E-state index contributed by atoms with van der Waals surface area (Å²) in [6, 6.07) is 7.54. The minimum atomic E-state index is -0.595. The number of amides is 2. The van der Waals surface area contributed by atoms with E-state index in [1.165, 1.54) is 0 Å². The van der Waals surface area contributed by atoms with E-state index in [1.54, 1.807) is 4.90 Å². The second-order valence-corrected chi connectivity index (χ2v) is 6.22. The molecule has 1 saturated heterocycles. The van der Waals surface area contributed by atoms with Gasteiger partial charge >= 0.3 is 0 Å². The Balaban J connectivity index is 0.00000242. The fraction of sp³-hybridized carbons (Fsp3) is 0.467. The predicted octanol–water partition coefficient (Wildman–Crippen LogP) is 1.93. The Morgan fingerprint density at radius 3 is 2.82 bits per heavy atom. The van der Waals surface area contributed by atoms with Gasteiger partial charge in [-0.15, -0.1) is 12.4 Å². The van der Waals surface area contributed by atoms with Crippen LogP contribution in [0, 0.1) is 11.8 Å². The lowest BCUT2D eigenvalue weighted by Gasteiger charge is -2.18. The van der Waals surface area contributed by atoms with Gasteiger partial charge in [-0.3, -0.25) is 9.59 Å². The van der Waals surface area contributed by atoms with E-state index in [4.69, 9.17) is 5.73 Å². The van der Waals surface area contributed by atoms with Crippen molar-refractivity contribution in [2.45, 2.75) is 13.3 Å². The van der Waals surface area contributed by atoms with Crippen LogP contribution in [0.4, 0.5) is 5.69 Å². The Morgan fingerprint density at radius 2 is 2.18 bits per heavy atom. The number of halogens is 2. The third kappa shape index (κ3) is 4.21. The largest absolute Gasteiger partial charge is 0.355 e. The van der Waals surface area contributed by atoms with Crippen LogP contribution >= 0.6 is 28.3 Å². The number of carbonyl (C=O) groups is 2. The molecule has 0 saturated carbocycles. The van der Waals surface area contributed by atoms with E-state index in [2.05, 4.69) is 21.2 Å². The Bertz CT molecular complexity index is 541.